The zero-order valence-electron chi connectivity index (χ0n) is 15.3. The Kier molecular flexibility index (Phi) is 5.11. The fraction of sp³-hybridized carbons (Fsp3) is 0.350. The zero-order valence-corrected chi connectivity index (χ0v) is 15.3. The van der Waals surface area contributed by atoms with Gasteiger partial charge in [0.05, 0.1) is 12.0 Å². The second-order valence-corrected chi connectivity index (χ2v) is 6.88. The van der Waals surface area contributed by atoms with Gasteiger partial charge in [-0.1, -0.05) is 12.1 Å². The Morgan fingerprint density at radius 2 is 2.04 bits per heavy atom. The number of aromatic nitrogens is 4. The maximum Gasteiger partial charge on any atom is 0.241 e. The van der Waals surface area contributed by atoms with Crippen LogP contribution in [-0.4, -0.2) is 37.5 Å². The Hall–Kier alpha value is -2.80. The van der Waals surface area contributed by atoms with Gasteiger partial charge in [0.2, 0.25) is 5.88 Å². The highest BCUT2D eigenvalue weighted by atomic mass is 19.1. The van der Waals surface area contributed by atoms with Crippen molar-refractivity contribution >= 4 is 0 Å². The van der Waals surface area contributed by atoms with E-state index in [1.165, 1.54) is 6.07 Å². The summed E-state index contributed by atoms with van der Waals surface area (Å²) in [5.41, 5.74) is 1.84. The molecule has 1 aliphatic heterocycles. The Bertz CT molecular complexity index is 913. The molecule has 0 N–H and O–H groups in total. The van der Waals surface area contributed by atoms with Crippen molar-refractivity contribution < 1.29 is 9.13 Å². The van der Waals surface area contributed by atoms with Gasteiger partial charge in [0, 0.05) is 44.6 Å². The number of hydrogen-bond donors (Lipinski definition) is 0. The summed E-state index contributed by atoms with van der Waals surface area (Å²) in [6.45, 7) is 2.68. The lowest BCUT2D eigenvalue weighted by Gasteiger charge is -2.32. The van der Waals surface area contributed by atoms with Gasteiger partial charge in [-0.25, -0.2) is 14.4 Å². The fourth-order valence-electron chi connectivity index (χ4n) is 3.53. The normalized spacial score (nSPS) is 17.8. The van der Waals surface area contributed by atoms with E-state index in [2.05, 4.69) is 19.9 Å². The molecule has 1 aliphatic rings. The van der Waals surface area contributed by atoms with E-state index in [9.17, 15) is 4.39 Å². The van der Waals surface area contributed by atoms with Crippen molar-refractivity contribution in [2.24, 2.45) is 7.05 Å². The molecule has 140 valence electrons. The van der Waals surface area contributed by atoms with Gasteiger partial charge in [-0.2, -0.15) is 0 Å². The summed E-state index contributed by atoms with van der Waals surface area (Å²) in [6, 6.07) is 6.35. The summed E-state index contributed by atoms with van der Waals surface area (Å²) in [5.74, 6) is 0.333. The molecule has 4 rings (SSSR count). The van der Waals surface area contributed by atoms with Crippen LogP contribution in [0.15, 0.2) is 49.2 Å². The third kappa shape index (κ3) is 4.14. The second kappa shape index (κ2) is 7.84. The molecule has 27 heavy (non-hydrogen) atoms. The van der Waals surface area contributed by atoms with Gasteiger partial charge in [-0.3, -0.25) is 9.88 Å². The quantitative estimate of drug-likeness (QED) is 0.691. The topological polar surface area (TPSA) is 56.1 Å². The first-order chi connectivity index (χ1) is 13.2. The SMILES string of the molecule is Cn1cnc(CN2CCC[C@H](c3nccnc3Oc3ccccc3F)C2)c1. The number of imidazole rings is 1. The zero-order chi connectivity index (χ0) is 18.6. The van der Waals surface area contributed by atoms with Crippen LogP contribution in [0.5, 0.6) is 11.6 Å². The van der Waals surface area contributed by atoms with Gasteiger partial charge in [-0.15, -0.1) is 0 Å². The summed E-state index contributed by atoms with van der Waals surface area (Å²) in [7, 11) is 1.97. The summed E-state index contributed by atoms with van der Waals surface area (Å²) < 4.78 is 21.7. The van der Waals surface area contributed by atoms with Crippen molar-refractivity contribution in [3.05, 3.63) is 66.4 Å². The summed E-state index contributed by atoms with van der Waals surface area (Å²) >= 11 is 0. The van der Waals surface area contributed by atoms with Crippen molar-refractivity contribution in [1.82, 2.24) is 24.4 Å². The van der Waals surface area contributed by atoms with E-state index in [1.54, 1.807) is 30.6 Å². The highest BCUT2D eigenvalue weighted by Crippen LogP contribution is 2.33. The third-order valence-electron chi connectivity index (χ3n) is 4.77. The van der Waals surface area contributed by atoms with Gasteiger partial charge < -0.3 is 9.30 Å². The molecule has 2 aromatic heterocycles. The Labute approximate surface area is 157 Å². The molecule has 1 aromatic carbocycles. The molecule has 0 unspecified atom stereocenters. The van der Waals surface area contributed by atoms with Crippen LogP contribution in [0.3, 0.4) is 0 Å². The minimum Gasteiger partial charge on any atom is -0.434 e. The van der Waals surface area contributed by atoms with E-state index in [1.807, 2.05) is 24.1 Å². The van der Waals surface area contributed by atoms with Gasteiger partial charge in [0.15, 0.2) is 11.6 Å². The van der Waals surface area contributed by atoms with Crippen molar-refractivity contribution in [3.63, 3.8) is 0 Å². The maximum absolute atomic E-state index is 14.0. The molecule has 0 bridgehead atoms. The van der Waals surface area contributed by atoms with E-state index < -0.39 is 5.82 Å². The monoisotopic (exact) mass is 367 g/mol. The second-order valence-electron chi connectivity index (χ2n) is 6.88. The highest BCUT2D eigenvalue weighted by molar-refractivity contribution is 5.32. The molecule has 0 radical (unpaired) electrons. The van der Waals surface area contributed by atoms with Crippen LogP contribution < -0.4 is 4.74 Å². The van der Waals surface area contributed by atoms with E-state index in [0.29, 0.717) is 5.88 Å². The number of rotatable bonds is 5. The highest BCUT2D eigenvalue weighted by Gasteiger charge is 2.26. The predicted molar refractivity (Wildman–Crippen MR) is 99.0 cm³/mol. The first-order valence-electron chi connectivity index (χ1n) is 9.11. The first-order valence-corrected chi connectivity index (χ1v) is 9.11. The van der Waals surface area contributed by atoms with Crippen molar-refractivity contribution in [2.45, 2.75) is 25.3 Å². The number of nitrogens with zero attached hydrogens (tertiary/aromatic N) is 5. The molecule has 0 amide bonds. The Morgan fingerprint density at radius 1 is 1.19 bits per heavy atom. The van der Waals surface area contributed by atoms with E-state index in [0.717, 1.165) is 43.9 Å². The maximum atomic E-state index is 14.0. The number of ether oxygens (including phenoxy) is 1. The molecule has 3 aromatic rings. The molecule has 7 heteroatoms. The minimum absolute atomic E-state index is 0.167. The molecule has 0 saturated carbocycles. The summed E-state index contributed by atoms with van der Waals surface area (Å²) in [4.78, 5) is 15.6. The molecule has 1 atom stereocenters. The number of para-hydroxylation sites is 1. The standard InChI is InChI=1S/C20H22FN5O/c1-25-12-16(24-14-25)13-26-10-4-5-15(11-26)19-20(23-9-8-22-19)27-18-7-3-2-6-17(18)21/h2-3,6-9,12,14-15H,4-5,10-11,13H2,1H3/t15-/m0/s1. The minimum atomic E-state index is -0.408. The fourth-order valence-corrected chi connectivity index (χ4v) is 3.53. The van der Waals surface area contributed by atoms with Crippen LogP contribution in [0.4, 0.5) is 4.39 Å². The molecule has 6 nitrogen and oxygen atoms in total. The summed E-state index contributed by atoms with van der Waals surface area (Å²) in [6.07, 6.45) is 9.17. The van der Waals surface area contributed by atoms with Gasteiger partial charge in [0.25, 0.3) is 0 Å². The number of piperidine rings is 1. The Morgan fingerprint density at radius 3 is 2.85 bits per heavy atom. The number of likely N-dealkylation sites (tertiary alicyclic amines) is 1. The average molecular weight is 367 g/mol. The van der Waals surface area contributed by atoms with E-state index >= 15 is 0 Å². The van der Waals surface area contributed by atoms with Crippen LogP contribution >= 0.6 is 0 Å². The molecular formula is C20H22FN5O. The largest absolute Gasteiger partial charge is 0.434 e. The number of hydrogen-bond acceptors (Lipinski definition) is 5. The first kappa shape index (κ1) is 17.6. The molecule has 0 spiro atoms. The van der Waals surface area contributed by atoms with E-state index in [-0.39, 0.29) is 11.7 Å². The molecular weight excluding hydrogens is 345 g/mol. The lowest BCUT2D eigenvalue weighted by Crippen LogP contribution is -2.34. The summed E-state index contributed by atoms with van der Waals surface area (Å²) in [5, 5.41) is 0. The van der Waals surface area contributed by atoms with E-state index in [4.69, 9.17) is 4.74 Å². The third-order valence-corrected chi connectivity index (χ3v) is 4.77. The molecule has 3 heterocycles. The van der Waals surface area contributed by atoms with Crippen molar-refractivity contribution in [2.75, 3.05) is 13.1 Å². The van der Waals surface area contributed by atoms with Gasteiger partial charge in [0.1, 0.15) is 5.69 Å². The van der Waals surface area contributed by atoms with Crippen molar-refractivity contribution in [3.8, 4) is 11.6 Å². The van der Waals surface area contributed by atoms with Crippen LogP contribution in [0.1, 0.15) is 30.1 Å². The van der Waals surface area contributed by atoms with Crippen LogP contribution in [0.25, 0.3) is 0 Å². The van der Waals surface area contributed by atoms with Crippen LogP contribution in [0.2, 0.25) is 0 Å². The smallest absolute Gasteiger partial charge is 0.241 e. The lowest BCUT2D eigenvalue weighted by molar-refractivity contribution is 0.194. The molecule has 0 aliphatic carbocycles. The van der Waals surface area contributed by atoms with Crippen LogP contribution in [0, 0.1) is 5.82 Å². The lowest BCUT2D eigenvalue weighted by atomic mass is 9.94. The van der Waals surface area contributed by atoms with Crippen molar-refractivity contribution in [1.29, 1.82) is 0 Å². The van der Waals surface area contributed by atoms with Crippen LogP contribution in [-0.2, 0) is 13.6 Å². The number of halogens is 1. The molecule has 1 saturated heterocycles. The average Bonchev–Trinajstić information content (AvgIpc) is 3.09. The number of benzene rings is 1. The van der Waals surface area contributed by atoms with Gasteiger partial charge >= 0.3 is 0 Å². The molecule has 1 fully saturated rings. The Balaban J connectivity index is 1.51. The number of aryl methyl sites for hydroxylation is 1. The van der Waals surface area contributed by atoms with Gasteiger partial charge in [-0.05, 0) is 31.5 Å². The predicted octanol–water partition coefficient (Wildman–Crippen LogP) is 3.52.